The van der Waals surface area contributed by atoms with Crippen molar-refractivity contribution in [3.8, 4) is 10.7 Å². The van der Waals surface area contributed by atoms with E-state index in [1.54, 1.807) is 47.0 Å². The van der Waals surface area contributed by atoms with E-state index in [1.807, 2.05) is 18.2 Å². The first kappa shape index (κ1) is 16.4. The zero-order valence-corrected chi connectivity index (χ0v) is 15.7. The van der Waals surface area contributed by atoms with Gasteiger partial charge < -0.3 is 4.57 Å². The lowest BCUT2D eigenvalue weighted by molar-refractivity contribution is 0.637. The molecule has 0 spiro atoms. The first-order chi connectivity index (χ1) is 12.4. The van der Waals surface area contributed by atoms with Gasteiger partial charge in [0.05, 0.1) is 11.4 Å². The summed E-state index contributed by atoms with van der Waals surface area (Å²) in [6.07, 6.45) is 4.60. The molecular formula is C17H15N5S3. The minimum absolute atomic E-state index is 0.779. The van der Waals surface area contributed by atoms with Crippen molar-refractivity contribution >= 4 is 34.4 Å². The molecule has 4 rings (SSSR count). The van der Waals surface area contributed by atoms with Crippen LogP contribution in [0.15, 0.2) is 58.8 Å². The Morgan fingerprint density at radius 1 is 1.12 bits per heavy atom. The first-order valence-corrected chi connectivity index (χ1v) is 10.5. The van der Waals surface area contributed by atoms with Crippen molar-refractivity contribution in [3.05, 3.63) is 64.2 Å². The molecule has 0 aliphatic carbocycles. The summed E-state index contributed by atoms with van der Waals surface area (Å²) in [5, 5.41) is 14.4. The van der Waals surface area contributed by atoms with Gasteiger partial charge in [0.2, 0.25) is 0 Å². The van der Waals surface area contributed by atoms with Crippen LogP contribution in [0.5, 0.6) is 0 Å². The fourth-order valence-corrected chi connectivity index (χ4v) is 4.75. The number of thiophene rings is 1. The number of thiazole rings is 1. The zero-order valence-electron chi connectivity index (χ0n) is 13.3. The van der Waals surface area contributed by atoms with Crippen LogP contribution in [0.2, 0.25) is 0 Å². The van der Waals surface area contributed by atoms with Crippen LogP contribution in [0.1, 0.15) is 10.6 Å². The highest BCUT2D eigenvalue weighted by molar-refractivity contribution is 7.98. The van der Waals surface area contributed by atoms with E-state index in [0.29, 0.717) is 0 Å². The van der Waals surface area contributed by atoms with Crippen LogP contribution in [0.3, 0.4) is 0 Å². The Kier molecular flexibility index (Phi) is 5.19. The molecule has 0 bridgehead atoms. The molecule has 0 saturated heterocycles. The zero-order chi connectivity index (χ0) is 16.9. The number of hydrogen-bond donors (Lipinski definition) is 0. The average Bonchev–Trinajstić information content (AvgIpc) is 3.40. The van der Waals surface area contributed by atoms with Gasteiger partial charge in [0, 0.05) is 28.8 Å². The van der Waals surface area contributed by atoms with E-state index in [9.17, 15) is 0 Å². The molecule has 0 aromatic carbocycles. The molecule has 0 unspecified atom stereocenters. The fourth-order valence-electron chi connectivity index (χ4n) is 2.31. The Morgan fingerprint density at radius 2 is 2.12 bits per heavy atom. The Hall–Kier alpha value is -2.03. The Morgan fingerprint density at radius 3 is 2.96 bits per heavy atom. The lowest BCUT2D eigenvalue weighted by atomic mass is 10.3. The molecule has 5 nitrogen and oxygen atoms in total. The molecular weight excluding hydrogens is 370 g/mol. The SMILES string of the molecule is c1ccc(-c2nc(CSc3nncn3CCc3cccs3)cs2)nc1. The summed E-state index contributed by atoms with van der Waals surface area (Å²) in [6, 6.07) is 10.1. The first-order valence-electron chi connectivity index (χ1n) is 7.77. The molecule has 4 aromatic rings. The van der Waals surface area contributed by atoms with Gasteiger partial charge in [-0.2, -0.15) is 0 Å². The van der Waals surface area contributed by atoms with Crippen molar-refractivity contribution in [1.29, 1.82) is 0 Å². The predicted octanol–water partition coefficient (Wildman–Crippen LogP) is 4.39. The summed E-state index contributed by atoms with van der Waals surface area (Å²) < 4.78 is 2.11. The lowest BCUT2D eigenvalue weighted by Gasteiger charge is -2.04. The molecule has 25 heavy (non-hydrogen) atoms. The quantitative estimate of drug-likeness (QED) is 0.442. The van der Waals surface area contributed by atoms with Crippen LogP contribution < -0.4 is 0 Å². The Labute approximate surface area is 157 Å². The van der Waals surface area contributed by atoms with Gasteiger partial charge in [-0.15, -0.1) is 32.9 Å². The van der Waals surface area contributed by atoms with Crippen molar-refractivity contribution in [2.45, 2.75) is 23.9 Å². The third kappa shape index (κ3) is 4.15. The number of pyridine rings is 1. The minimum atomic E-state index is 0.779. The van der Waals surface area contributed by atoms with Gasteiger partial charge in [-0.3, -0.25) is 4.98 Å². The van der Waals surface area contributed by atoms with Gasteiger partial charge in [0.25, 0.3) is 0 Å². The van der Waals surface area contributed by atoms with E-state index in [4.69, 9.17) is 0 Å². The van der Waals surface area contributed by atoms with Crippen LogP contribution in [0.25, 0.3) is 10.7 Å². The van der Waals surface area contributed by atoms with Crippen LogP contribution in [-0.4, -0.2) is 24.7 Å². The van der Waals surface area contributed by atoms with E-state index in [0.717, 1.165) is 40.3 Å². The second kappa shape index (κ2) is 7.90. The van der Waals surface area contributed by atoms with E-state index in [2.05, 4.69) is 47.6 Å². The molecule has 0 N–H and O–H groups in total. The second-order valence-electron chi connectivity index (χ2n) is 5.28. The van der Waals surface area contributed by atoms with Crippen LogP contribution in [0.4, 0.5) is 0 Å². The predicted molar refractivity (Wildman–Crippen MR) is 103 cm³/mol. The summed E-state index contributed by atoms with van der Waals surface area (Å²) >= 11 is 5.08. The average molecular weight is 386 g/mol. The summed E-state index contributed by atoms with van der Waals surface area (Å²) in [4.78, 5) is 10.4. The lowest BCUT2D eigenvalue weighted by Crippen LogP contribution is -2.01. The van der Waals surface area contributed by atoms with Crippen LogP contribution in [0, 0.1) is 0 Å². The molecule has 8 heteroatoms. The third-order valence-corrected chi connectivity index (χ3v) is 6.41. The topological polar surface area (TPSA) is 56.5 Å². The molecule has 4 aromatic heterocycles. The molecule has 0 radical (unpaired) electrons. The number of rotatable bonds is 7. The summed E-state index contributed by atoms with van der Waals surface area (Å²) in [7, 11) is 0. The molecule has 0 saturated carbocycles. The monoisotopic (exact) mass is 385 g/mol. The molecule has 0 amide bonds. The number of hydrogen-bond acceptors (Lipinski definition) is 7. The van der Waals surface area contributed by atoms with Crippen molar-refractivity contribution in [3.63, 3.8) is 0 Å². The smallest absolute Gasteiger partial charge is 0.191 e. The Bertz CT molecular complexity index is 915. The minimum Gasteiger partial charge on any atom is -0.308 e. The molecule has 0 atom stereocenters. The van der Waals surface area contributed by atoms with E-state index >= 15 is 0 Å². The number of aromatic nitrogens is 5. The molecule has 0 fully saturated rings. The normalized spacial score (nSPS) is 11.0. The third-order valence-electron chi connectivity index (χ3n) is 3.54. The highest BCUT2D eigenvalue weighted by atomic mass is 32.2. The van der Waals surface area contributed by atoms with E-state index in [1.165, 1.54) is 4.88 Å². The maximum atomic E-state index is 4.68. The molecule has 0 aliphatic rings. The molecule has 126 valence electrons. The van der Waals surface area contributed by atoms with Crippen molar-refractivity contribution in [2.24, 2.45) is 0 Å². The van der Waals surface area contributed by atoms with Crippen LogP contribution in [-0.2, 0) is 18.7 Å². The summed E-state index contributed by atoms with van der Waals surface area (Å²) in [6.45, 7) is 0.895. The van der Waals surface area contributed by atoms with Gasteiger partial charge in [-0.1, -0.05) is 23.9 Å². The molecule has 0 aliphatic heterocycles. The second-order valence-corrected chi connectivity index (χ2v) is 8.12. The van der Waals surface area contributed by atoms with Crippen molar-refractivity contribution in [1.82, 2.24) is 24.7 Å². The largest absolute Gasteiger partial charge is 0.308 e. The van der Waals surface area contributed by atoms with Gasteiger partial charge in [-0.25, -0.2) is 4.98 Å². The van der Waals surface area contributed by atoms with Gasteiger partial charge in [-0.05, 0) is 30.0 Å². The maximum absolute atomic E-state index is 4.68. The highest BCUT2D eigenvalue weighted by Crippen LogP contribution is 2.26. The van der Waals surface area contributed by atoms with Gasteiger partial charge >= 0.3 is 0 Å². The van der Waals surface area contributed by atoms with Gasteiger partial charge in [0.15, 0.2) is 5.16 Å². The highest BCUT2D eigenvalue weighted by Gasteiger charge is 2.09. The maximum Gasteiger partial charge on any atom is 0.191 e. The summed E-state index contributed by atoms with van der Waals surface area (Å²) in [5.41, 5.74) is 1.96. The van der Waals surface area contributed by atoms with Crippen molar-refractivity contribution < 1.29 is 0 Å². The number of aryl methyl sites for hydroxylation is 2. The molecule has 4 heterocycles. The summed E-state index contributed by atoms with van der Waals surface area (Å²) in [5.74, 6) is 0.779. The van der Waals surface area contributed by atoms with Crippen molar-refractivity contribution in [2.75, 3.05) is 0 Å². The van der Waals surface area contributed by atoms with Gasteiger partial charge in [0.1, 0.15) is 11.3 Å². The number of nitrogens with zero attached hydrogens (tertiary/aromatic N) is 5. The van der Waals surface area contributed by atoms with Crippen LogP contribution >= 0.6 is 34.4 Å². The standard InChI is InChI=1S/C17H15N5S3/c1-2-7-18-15(5-1)16-20-13(10-24-16)11-25-17-21-19-12-22(17)8-6-14-4-3-9-23-14/h1-5,7,9-10,12H,6,8,11H2. The van der Waals surface area contributed by atoms with E-state index in [-0.39, 0.29) is 0 Å². The fraction of sp³-hybridized carbons (Fsp3) is 0.176. The van der Waals surface area contributed by atoms with E-state index < -0.39 is 0 Å². The Balaban J connectivity index is 1.37. The number of thioether (sulfide) groups is 1.